The molecule has 2 unspecified atom stereocenters. The Kier molecular flexibility index (Phi) is 5.75. The number of likely N-dealkylation sites (N-methyl/N-ethyl adjacent to an activating group) is 1. The van der Waals surface area contributed by atoms with Gasteiger partial charge in [0.25, 0.3) is 0 Å². The van der Waals surface area contributed by atoms with Gasteiger partial charge in [-0.25, -0.2) is 4.39 Å². The van der Waals surface area contributed by atoms with Gasteiger partial charge >= 0.3 is 0 Å². The van der Waals surface area contributed by atoms with E-state index < -0.39 is 5.60 Å². The number of aromatic nitrogens is 4. The topological polar surface area (TPSA) is 79.1 Å². The highest BCUT2D eigenvalue weighted by Crippen LogP contribution is 2.42. The van der Waals surface area contributed by atoms with E-state index in [0.29, 0.717) is 26.5 Å². The third-order valence-corrected chi connectivity index (χ3v) is 7.80. The van der Waals surface area contributed by atoms with Crippen molar-refractivity contribution in [2.24, 2.45) is 0 Å². The number of hydrogen-bond acceptors (Lipinski definition) is 8. The summed E-state index contributed by atoms with van der Waals surface area (Å²) in [7, 11) is 1.94. The molecular formula is C19H20ClFN6OS2. The molecule has 0 bridgehead atoms. The fourth-order valence-electron chi connectivity index (χ4n) is 3.09. The molecule has 30 heavy (non-hydrogen) atoms. The molecule has 4 rings (SSSR count). The second kappa shape index (κ2) is 8.18. The Morgan fingerprint density at radius 1 is 1.33 bits per heavy atom. The van der Waals surface area contributed by atoms with Crippen molar-refractivity contribution in [3.63, 3.8) is 0 Å². The average Bonchev–Trinajstić information content (AvgIpc) is 3.41. The van der Waals surface area contributed by atoms with Crippen LogP contribution in [0.2, 0.25) is 5.02 Å². The van der Waals surface area contributed by atoms with E-state index >= 15 is 0 Å². The normalized spacial score (nSPS) is 18.4. The van der Waals surface area contributed by atoms with Crippen molar-refractivity contribution in [1.82, 2.24) is 24.9 Å². The van der Waals surface area contributed by atoms with E-state index in [-0.39, 0.29) is 17.7 Å². The van der Waals surface area contributed by atoms with E-state index in [1.54, 1.807) is 47.8 Å². The van der Waals surface area contributed by atoms with Gasteiger partial charge in [-0.15, -0.1) is 22.0 Å². The molecule has 2 N–H and O–H groups in total. The first-order valence-corrected chi connectivity index (χ1v) is 11.2. The van der Waals surface area contributed by atoms with Gasteiger partial charge in [-0.05, 0) is 31.4 Å². The average molecular weight is 467 g/mol. The van der Waals surface area contributed by atoms with Crippen LogP contribution in [-0.4, -0.2) is 42.4 Å². The first-order valence-electron chi connectivity index (χ1n) is 9.10. The molecule has 1 aromatic carbocycles. The number of thioether (sulfide) groups is 1. The third-order valence-electron chi connectivity index (χ3n) is 4.87. The zero-order chi connectivity index (χ0) is 21.5. The van der Waals surface area contributed by atoms with Crippen molar-refractivity contribution in [2.45, 2.75) is 31.4 Å². The van der Waals surface area contributed by atoms with Gasteiger partial charge in [0.1, 0.15) is 16.8 Å². The summed E-state index contributed by atoms with van der Waals surface area (Å²) in [5.41, 5.74) is 0.297. The molecule has 158 valence electrons. The Hall–Kier alpha value is -2.14. The molecule has 7 nitrogen and oxygen atoms in total. The molecule has 3 aromatic rings. The van der Waals surface area contributed by atoms with Crippen LogP contribution in [0, 0.1) is 5.82 Å². The zero-order valence-corrected chi connectivity index (χ0v) is 18.9. The van der Waals surface area contributed by atoms with Crippen LogP contribution in [0.5, 0.6) is 0 Å². The van der Waals surface area contributed by atoms with Crippen LogP contribution >= 0.6 is 34.7 Å². The standard InChI is InChI=1S/C19H20ClFN6OS2/c1-11-10-29-17(26(11)3)19(2,28)16-23-24-18(30-16)22-15-7-8-27(25-15)9-12-13(20)5-4-6-14(12)21/h4-8,10,17,28H,9H2,1-3H3,(H,22,24,25). The Labute approximate surface area is 186 Å². The molecule has 0 saturated heterocycles. The molecule has 0 saturated carbocycles. The van der Waals surface area contributed by atoms with Crippen molar-refractivity contribution < 1.29 is 9.50 Å². The summed E-state index contributed by atoms with van der Waals surface area (Å²) < 4.78 is 15.6. The molecular weight excluding hydrogens is 447 g/mol. The van der Waals surface area contributed by atoms with Crippen molar-refractivity contribution >= 4 is 45.6 Å². The van der Waals surface area contributed by atoms with Crippen molar-refractivity contribution in [3.8, 4) is 0 Å². The van der Waals surface area contributed by atoms with Gasteiger partial charge in [0.15, 0.2) is 10.8 Å². The van der Waals surface area contributed by atoms with Crippen LogP contribution in [0.3, 0.4) is 0 Å². The number of aliphatic hydroxyl groups is 1. The lowest BCUT2D eigenvalue weighted by molar-refractivity contribution is 0.0179. The van der Waals surface area contributed by atoms with Crippen LogP contribution < -0.4 is 5.32 Å². The molecule has 0 amide bonds. The highest BCUT2D eigenvalue weighted by molar-refractivity contribution is 8.03. The fourth-order valence-corrected chi connectivity index (χ4v) is 5.42. The largest absolute Gasteiger partial charge is 0.380 e. The summed E-state index contributed by atoms with van der Waals surface area (Å²) in [5.74, 6) is 0.164. The minimum atomic E-state index is -1.17. The fraction of sp³-hybridized carbons (Fsp3) is 0.316. The van der Waals surface area contributed by atoms with E-state index in [2.05, 4.69) is 20.6 Å². The highest BCUT2D eigenvalue weighted by atomic mass is 35.5. The maximum absolute atomic E-state index is 14.0. The maximum Gasteiger partial charge on any atom is 0.211 e. The van der Waals surface area contributed by atoms with Crippen molar-refractivity contribution in [1.29, 1.82) is 0 Å². The van der Waals surface area contributed by atoms with Gasteiger partial charge in [0, 0.05) is 35.6 Å². The van der Waals surface area contributed by atoms with Gasteiger partial charge in [-0.1, -0.05) is 29.0 Å². The van der Waals surface area contributed by atoms with Crippen LogP contribution in [0.4, 0.5) is 15.3 Å². The molecule has 11 heteroatoms. The molecule has 3 heterocycles. The quantitative estimate of drug-likeness (QED) is 0.557. The molecule has 1 aliphatic rings. The number of allylic oxidation sites excluding steroid dienone is 1. The van der Waals surface area contributed by atoms with Gasteiger partial charge in [0.2, 0.25) is 5.13 Å². The molecule has 0 aliphatic carbocycles. The zero-order valence-electron chi connectivity index (χ0n) is 16.5. The van der Waals surface area contributed by atoms with Crippen molar-refractivity contribution in [2.75, 3.05) is 12.4 Å². The molecule has 2 atom stereocenters. The minimum Gasteiger partial charge on any atom is -0.380 e. The number of nitrogens with zero attached hydrogens (tertiary/aromatic N) is 5. The smallest absolute Gasteiger partial charge is 0.211 e. The highest BCUT2D eigenvalue weighted by Gasteiger charge is 2.42. The molecule has 2 aromatic heterocycles. The number of nitrogens with one attached hydrogen (secondary N) is 1. The summed E-state index contributed by atoms with van der Waals surface area (Å²) in [6.07, 6.45) is 1.72. The molecule has 1 aliphatic heterocycles. The molecule has 0 fully saturated rings. The van der Waals surface area contributed by atoms with E-state index in [4.69, 9.17) is 11.6 Å². The van der Waals surface area contributed by atoms with Crippen LogP contribution in [0.25, 0.3) is 0 Å². The first-order chi connectivity index (χ1) is 14.3. The van der Waals surface area contributed by atoms with Gasteiger partial charge in [-0.2, -0.15) is 5.10 Å². The number of hydrogen-bond donors (Lipinski definition) is 2. The lowest BCUT2D eigenvalue weighted by Crippen LogP contribution is -2.42. The number of rotatable bonds is 6. The Bertz CT molecular complexity index is 1080. The first kappa shape index (κ1) is 21.1. The van der Waals surface area contributed by atoms with Crippen LogP contribution in [-0.2, 0) is 12.1 Å². The summed E-state index contributed by atoms with van der Waals surface area (Å²) in [6.45, 7) is 3.95. The van der Waals surface area contributed by atoms with Crippen molar-refractivity contribution in [3.05, 3.63) is 63.0 Å². The Balaban J connectivity index is 1.46. The number of benzene rings is 1. The van der Waals surface area contributed by atoms with Gasteiger partial charge < -0.3 is 15.3 Å². The third kappa shape index (κ3) is 4.04. The number of anilines is 2. The Morgan fingerprint density at radius 3 is 2.83 bits per heavy atom. The predicted molar refractivity (Wildman–Crippen MR) is 118 cm³/mol. The maximum atomic E-state index is 14.0. The molecule has 0 spiro atoms. The van der Waals surface area contributed by atoms with E-state index in [1.165, 1.54) is 17.4 Å². The van der Waals surface area contributed by atoms with Gasteiger partial charge in [0.05, 0.1) is 6.54 Å². The number of halogens is 2. The van der Waals surface area contributed by atoms with E-state index in [9.17, 15) is 9.50 Å². The second-order valence-corrected chi connectivity index (χ2v) is 9.48. The summed E-state index contributed by atoms with van der Waals surface area (Å²) in [4.78, 5) is 2.02. The lowest BCUT2D eigenvalue weighted by Gasteiger charge is -2.33. The van der Waals surface area contributed by atoms with E-state index in [0.717, 1.165) is 5.70 Å². The van der Waals surface area contributed by atoms with Gasteiger partial charge in [-0.3, -0.25) is 4.68 Å². The Morgan fingerprint density at radius 2 is 2.13 bits per heavy atom. The minimum absolute atomic E-state index is 0.178. The molecule has 0 radical (unpaired) electrons. The summed E-state index contributed by atoms with van der Waals surface area (Å²) in [5, 5.41) is 30.1. The second-order valence-electron chi connectivity index (χ2n) is 7.14. The SMILES string of the molecule is CC1=CSC(C(C)(O)c2nnc(Nc3ccn(Cc4c(F)cccc4Cl)n3)s2)N1C. The van der Waals surface area contributed by atoms with E-state index in [1.807, 2.05) is 24.3 Å². The lowest BCUT2D eigenvalue weighted by atomic mass is 10.1. The predicted octanol–water partition coefficient (Wildman–Crippen LogP) is 4.39. The summed E-state index contributed by atoms with van der Waals surface area (Å²) in [6, 6.07) is 6.34. The van der Waals surface area contributed by atoms with Crippen LogP contribution in [0.1, 0.15) is 24.4 Å². The summed E-state index contributed by atoms with van der Waals surface area (Å²) >= 11 is 8.91. The van der Waals surface area contributed by atoms with Crippen LogP contribution in [0.15, 0.2) is 41.6 Å². The monoisotopic (exact) mass is 466 g/mol.